The molecule has 122 valence electrons. The summed E-state index contributed by atoms with van der Waals surface area (Å²) in [4.78, 5) is 18.5. The number of carbonyl (C=O) groups is 1. The first-order valence-electron chi connectivity index (χ1n) is 7.39. The van der Waals surface area contributed by atoms with Crippen molar-refractivity contribution in [2.75, 3.05) is 19.3 Å². The van der Waals surface area contributed by atoms with Gasteiger partial charge in [-0.2, -0.15) is 5.10 Å². The average Bonchev–Trinajstić information content (AvgIpc) is 3.05. The zero-order valence-electron chi connectivity index (χ0n) is 12.8. The third-order valence-corrected chi connectivity index (χ3v) is 5.20. The second-order valence-electron chi connectivity index (χ2n) is 5.75. The number of piperidine rings is 1. The number of nitrogens with one attached hydrogen (secondary N) is 1. The molecule has 1 amide bonds. The Morgan fingerprint density at radius 1 is 1.35 bits per heavy atom. The molecule has 1 saturated heterocycles. The normalized spacial score (nSPS) is 18.8. The standard InChI is InChI=1S/C15H18N4O3S/c1-23(21,22)13-9-17-18-14(13)12-3-2-8-19(10-12)15(20)11-4-6-16-7-5-11/h4-7,9,12H,2-3,8,10H2,1H3,(H,17,18). The van der Waals surface area contributed by atoms with Gasteiger partial charge < -0.3 is 4.90 Å². The van der Waals surface area contributed by atoms with Crippen molar-refractivity contribution in [3.63, 3.8) is 0 Å². The largest absolute Gasteiger partial charge is 0.338 e. The number of nitrogens with zero attached hydrogens (tertiary/aromatic N) is 3. The van der Waals surface area contributed by atoms with Crippen LogP contribution in [0.1, 0.15) is 34.8 Å². The maximum atomic E-state index is 12.6. The van der Waals surface area contributed by atoms with Crippen molar-refractivity contribution in [3.8, 4) is 0 Å². The lowest BCUT2D eigenvalue weighted by Gasteiger charge is -2.32. The van der Waals surface area contributed by atoms with Crippen molar-refractivity contribution >= 4 is 15.7 Å². The van der Waals surface area contributed by atoms with E-state index in [1.807, 2.05) is 0 Å². The molecule has 2 aromatic heterocycles. The summed E-state index contributed by atoms with van der Waals surface area (Å²) in [5, 5.41) is 6.68. The maximum Gasteiger partial charge on any atom is 0.253 e. The molecule has 0 spiro atoms. The molecule has 0 aliphatic carbocycles. The van der Waals surface area contributed by atoms with Crippen molar-refractivity contribution < 1.29 is 13.2 Å². The van der Waals surface area contributed by atoms with E-state index < -0.39 is 9.84 Å². The lowest BCUT2D eigenvalue weighted by molar-refractivity contribution is 0.0705. The topological polar surface area (TPSA) is 96.0 Å². The number of aromatic amines is 1. The first-order chi connectivity index (χ1) is 11.0. The van der Waals surface area contributed by atoms with E-state index in [2.05, 4.69) is 15.2 Å². The number of aromatic nitrogens is 3. The first-order valence-corrected chi connectivity index (χ1v) is 9.28. The Morgan fingerprint density at radius 2 is 2.09 bits per heavy atom. The molecule has 1 atom stereocenters. The smallest absolute Gasteiger partial charge is 0.253 e. The van der Waals surface area contributed by atoms with Crippen LogP contribution in [0.2, 0.25) is 0 Å². The van der Waals surface area contributed by atoms with Crippen LogP contribution < -0.4 is 0 Å². The number of H-pyrrole nitrogens is 1. The minimum Gasteiger partial charge on any atom is -0.338 e. The van der Waals surface area contributed by atoms with Crippen LogP contribution in [0.3, 0.4) is 0 Å². The summed E-state index contributed by atoms with van der Waals surface area (Å²) >= 11 is 0. The third kappa shape index (κ3) is 3.26. The summed E-state index contributed by atoms with van der Waals surface area (Å²) in [6.45, 7) is 1.14. The van der Waals surface area contributed by atoms with E-state index in [1.54, 1.807) is 29.4 Å². The van der Waals surface area contributed by atoms with Gasteiger partial charge in [0.25, 0.3) is 5.91 Å². The van der Waals surface area contributed by atoms with Gasteiger partial charge >= 0.3 is 0 Å². The van der Waals surface area contributed by atoms with E-state index in [-0.39, 0.29) is 16.7 Å². The van der Waals surface area contributed by atoms with Crippen LogP contribution in [0, 0.1) is 0 Å². The van der Waals surface area contributed by atoms with E-state index in [9.17, 15) is 13.2 Å². The number of rotatable bonds is 3. The molecule has 2 aromatic rings. The highest BCUT2D eigenvalue weighted by atomic mass is 32.2. The van der Waals surface area contributed by atoms with Gasteiger partial charge in [-0.1, -0.05) is 0 Å². The first kappa shape index (κ1) is 15.7. The molecule has 0 bridgehead atoms. The van der Waals surface area contributed by atoms with Crippen molar-refractivity contribution in [2.24, 2.45) is 0 Å². The Hall–Kier alpha value is -2.22. The Morgan fingerprint density at radius 3 is 2.78 bits per heavy atom. The van der Waals surface area contributed by atoms with Crippen molar-refractivity contribution in [3.05, 3.63) is 42.0 Å². The molecule has 1 N–H and O–H groups in total. The van der Waals surface area contributed by atoms with E-state index in [4.69, 9.17) is 0 Å². The van der Waals surface area contributed by atoms with Crippen LogP contribution in [0.4, 0.5) is 0 Å². The number of amides is 1. The van der Waals surface area contributed by atoms with Gasteiger partial charge in [0, 0.05) is 43.2 Å². The molecule has 1 fully saturated rings. The van der Waals surface area contributed by atoms with Crippen LogP contribution in [0.5, 0.6) is 0 Å². The predicted molar refractivity (Wildman–Crippen MR) is 83.8 cm³/mol. The number of likely N-dealkylation sites (tertiary alicyclic amines) is 1. The fraction of sp³-hybridized carbons (Fsp3) is 0.400. The van der Waals surface area contributed by atoms with E-state index in [1.165, 1.54) is 12.5 Å². The Labute approximate surface area is 134 Å². The predicted octanol–water partition coefficient (Wildman–Crippen LogP) is 1.23. The van der Waals surface area contributed by atoms with Gasteiger partial charge in [-0.25, -0.2) is 8.42 Å². The molecule has 1 aliphatic rings. The second-order valence-corrected chi connectivity index (χ2v) is 7.73. The van der Waals surface area contributed by atoms with E-state index in [0.29, 0.717) is 24.3 Å². The average molecular weight is 334 g/mol. The second kappa shape index (κ2) is 6.11. The minimum absolute atomic E-state index is 0.0539. The lowest BCUT2D eigenvalue weighted by Crippen LogP contribution is -2.39. The van der Waals surface area contributed by atoms with Crippen molar-refractivity contribution in [1.29, 1.82) is 0 Å². The molecule has 3 heterocycles. The molecule has 7 nitrogen and oxygen atoms in total. The molecule has 1 unspecified atom stereocenters. The summed E-state index contributed by atoms with van der Waals surface area (Å²) < 4.78 is 23.7. The fourth-order valence-corrected chi connectivity index (χ4v) is 3.80. The molecule has 0 saturated carbocycles. The number of carbonyl (C=O) groups excluding carboxylic acids is 1. The molecule has 1 aliphatic heterocycles. The van der Waals surface area contributed by atoms with Gasteiger partial charge in [0.2, 0.25) is 0 Å². The Kier molecular flexibility index (Phi) is 4.16. The summed E-state index contributed by atoms with van der Waals surface area (Å²) in [6.07, 6.45) is 7.34. The molecule has 23 heavy (non-hydrogen) atoms. The van der Waals surface area contributed by atoms with Crippen molar-refractivity contribution in [2.45, 2.75) is 23.7 Å². The number of hydrogen-bond donors (Lipinski definition) is 1. The van der Waals surface area contributed by atoms with Crippen LogP contribution in [0.15, 0.2) is 35.6 Å². The van der Waals surface area contributed by atoms with Gasteiger partial charge in [-0.3, -0.25) is 14.9 Å². The summed E-state index contributed by atoms with van der Waals surface area (Å²) in [5.74, 6) is -0.112. The van der Waals surface area contributed by atoms with Gasteiger partial charge in [0.15, 0.2) is 9.84 Å². The third-order valence-electron chi connectivity index (χ3n) is 4.08. The van der Waals surface area contributed by atoms with Gasteiger partial charge in [0.1, 0.15) is 4.90 Å². The fourth-order valence-electron chi connectivity index (χ4n) is 2.95. The van der Waals surface area contributed by atoms with Gasteiger partial charge in [-0.05, 0) is 25.0 Å². The molecule has 8 heteroatoms. The van der Waals surface area contributed by atoms with E-state index >= 15 is 0 Å². The Balaban J connectivity index is 1.82. The quantitative estimate of drug-likeness (QED) is 0.910. The van der Waals surface area contributed by atoms with E-state index in [0.717, 1.165) is 12.8 Å². The highest BCUT2D eigenvalue weighted by molar-refractivity contribution is 7.90. The maximum absolute atomic E-state index is 12.6. The van der Waals surface area contributed by atoms with Crippen LogP contribution in [-0.4, -0.2) is 53.8 Å². The van der Waals surface area contributed by atoms with Gasteiger partial charge in [-0.15, -0.1) is 0 Å². The van der Waals surface area contributed by atoms with Crippen LogP contribution in [0.25, 0.3) is 0 Å². The van der Waals surface area contributed by atoms with Crippen LogP contribution >= 0.6 is 0 Å². The van der Waals surface area contributed by atoms with Crippen molar-refractivity contribution in [1.82, 2.24) is 20.1 Å². The van der Waals surface area contributed by atoms with Gasteiger partial charge in [0.05, 0.1) is 11.9 Å². The molecule has 3 rings (SSSR count). The molecule has 0 radical (unpaired) electrons. The zero-order chi connectivity index (χ0) is 16.4. The van der Waals surface area contributed by atoms with Crippen LogP contribution in [-0.2, 0) is 9.84 Å². The zero-order valence-corrected chi connectivity index (χ0v) is 13.6. The summed E-state index contributed by atoms with van der Waals surface area (Å²) in [5.41, 5.74) is 1.19. The number of hydrogen-bond acceptors (Lipinski definition) is 5. The summed E-state index contributed by atoms with van der Waals surface area (Å²) in [6, 6.07) is 3.37. The number of sulfone groups is 1. The summed E-state index contributed by atoms with van der Waals surface area (Å²) in [7, 11) is -3.33. The SMILES string of the molecule is CS(=O)(=O)c1cn[nH]c1C1CCCN(C(=O)c2ccncc2)C1. The Bertz CT molecular complexity index is 801. The molecular formula is C15H18N4O3S. The highest BCUT2D eigenvalue weighted by Gasteiger charge is 2.30. The molecule has 0 aromatic carbocycles. The lowest BCUT2D eigenvalue weighted by atomic mass is 9.94. The minimum atomic E-state index is -3.33. The number of pyridine rings is 1. The molecular weight excluding hydrogens is 316 g/mol. The highest BCUT2D eigenvalue weighted by Crippen LogP contribution is 2.30. The monoisotopic (exact) mass is 334 g/mol.